The number of methoxy groups -OCH3 is 1. The van der Waals surface area contributed by atoms with Gasteiger partial charge in [-0.15, -0.1) is 0 Å². The van der Waals surface area contributed by atoms with E-state index in [1.807, 2.05) is 44.2 Å². The van der Waals surface area contributed by atoms with Crippen LogP contribution in [0, 0.1) is 6.92 Å². The van der Waals surface area contributed by atoms with Gasteiger partial charge in [0.2, 0.25) is 0 Å². The second-order valence-electron chi connectivity index (χ2n) is 5.78. The third kappa shape index (κ3) is 4.89. The van der Waals surface area contributed by atoms with Crippen LogP contribution in [0.2, 0.25) is 0 Å². The lowest BCUT2D eigenvalue weighted by Gasteiger charge is -2.14. The molecule has 0 saturated heterocycles. The second-order valence-corrected chi connectivity index (χ2v) is 5.78. The number of hydrogen-bond acceptors (Lipinski definition) is 4. The monoisotopic (exact) mass is 315 g/mol. The Hall–Kier alpha value is -2.20. The second kappa shape index (κ2) is 7.88. The summed E-state index contributed by atoms with van der Waals surface area (Å²) in [6.07, 6.45) is 0. The first-order valence-corrected chi connectivity index (χ1v) is 7.73. The molecule has 1 heterocycles. The largest absolute Gasteiger partial charge is 0.493 e. The summed E-state index contributed by atoms with van der Waals surface area (Å²) < 4.78 is 16.7. The van der Waals surface area contributed by atoms with Gasteiger partial charge >= 0.3 is 0 Å². The van der Waals surface area contributed by atoms with Crippen molar-refractivity contribution in [2.24, 2.45) is 0 Å². The zero-order valence-electron chi connectivity index (χ0n) is 14.3. The molecular formula is C19H25NO3. The molecule has 4 nitrogen and oxygen atoms in total. The van der Waals surface area contributed by atoms with Gasteiger partial charge in [0.1, 0.15) is 18.1 Å². The Labute approximate surface area is 138 Å². The van der Waals surface area contributed by atoms with Crippen LogP contribution in [0.15, 0.2) is 46.9 Å². The molecule has 1 atom stereocenters. The van der Waals surface area contributed by atoms with Crippen LogP contribution < -0.4 is 14.8 Å². The third-order valence-electron chi connectivity index (χ3n) is 3.50. The quantitative estimate of drug-likeness (QED) is 0.733. The zero-order chi connectivity index (χ0) is 16.8. The fraction of sp³-hybridized carbons (Fsp3) is 0.368. The fourth-order valence-electron chi connectivity index (χ4n) is 2.20. The maximum Gasteiger partial charge on any atom is 0.161 e. The molecule has 23 heavy (non-hydrogen) atoms. The van der Waals surface area contributed by atoms with Crippen LogP contribution in [-0.4, -0.2) is 13.7 Å². The van der Waals surface area contributed by atoms with Crippen LogP contribution >= 0.6 is 0 Å². The molecule has 0 radical (unpaired) electrons. The highest BCUT2D eigenvalue weighted by molar-refractivity contribution is 5.43. The van der Waals surface area contributed by atoms with E-state index >= 15 is 0 Å². The number of furan rings is 1. The van der Waals surface area contributed by atoms with Crippen molar-refractivity contribution in [2.45, 2.75) is 33.4 Å². The predicted molar refractivity (Wildman–Crippen MR) is 92.0 cm³/mol. The number of ether oxygens (including phenoxy) is 2. The highest BCUT2D eigenvalue weighted by Crippen LogP contribution is 2.28. The SMILES string of the molecule is C=C(C)COc1cc(CNC(C)c2ccc(C)o2)ccc1OC. The van der Waals surface area contributed by atoms with Gasteiger partial charge in [-0.25, -0.2) is 0 Å². The van der Waals surface area contributed by atoms with Crippen LogP contribution in [0.3, 0.4) is 0 Å². The van der Waals surface area contributed by atoms with E-state index in [0.717, 1.165) is 34.2 Å². The molecule has 0 fully saturated rings. The van der Waals surface area contributed by atoms with Gasteiger partial charge in [-0.2, -0.15) is 0 Å². The Bertz CT molecular complexity index is 660. The highest BCUT2D eigenvalue weighted by atomic mass is 16.5. The molecule has 0 aliphatic rings. The lowest BCUT2D eigenvalue weighted by molar-refractivity contribution is 0.319. The lowest BCUT2D eigenvalue weighted by Crippen LogP contribution is -2.17. The first-order valence-electron chi connectivity index (χ1n) is 7.73. The Balaban J connectivity index is 2.01. The van der Waals surface area contributed by atoms with E-state index in [1.165, 1.54) is 0 Å². The van der Waals surface area contributed by atoms with E-state index in [0.29, 0.717) is 13.2 Å². The average Bonchev–Trinajstić information content (AvgIpc) is 2.97. The van der Waals surface area contributed by atoms with Gasteiger partial charge in [-0.05, 0) is 56.2 Å². The van der Waals surface area contributed by atoms with Crippen molar-refractivity contribution in [2.75, 3.05) is 13.7 Å². The van der Waals surface area contributed by atoms with Crippen molar-refractivity contribution in [1.82, 2.24) is 5.32 Å². The van der Waals surface area contributed by atoms with E-state index in [9.17, 15) is 0 Å². The first-order chi connectivity index (χ1) is 11.0. The van der Waals surface area contributed by atoms with Crippen molar-refractivity contribution < 1.29 is 13.9 Å². The van der Waals surface area contributed by atoms with E-state index in [-0.39, 0.29) is 6.04 Å². The summed E-state index contributed by atoms with van der Waals surface area (Å²) >= 11 is 0. The minimum atomic E-state index is 0.144. The van der Waals surface area contributed by atoms with Gasteiger partial charge in [-0.3, -0.25) is 0 Å². The highest BCUT2D eigenvalue weighted by Gasteiger charge is 2.10. The van der Waals surface area contributed by atoms with E-state index in [4.69, 9.17) is 13.9 Å². The summed E-state index contributed by atoms with van der Waals surface area (Å²) in [5, 5.41) is 3.45. The number of aryl methyl sites for hydroxylation is 1. The standard InChI is InChI=1S/C19H25NO3/c1-13(2)12-22-19-10-16(7-9-18(19)21-5)11-20-15(4)17-8-6-14(3)23-17/h6-10,15,20H,1,11-12H2,2-5H3. The van der Waals surface area contributed by atoms with Gasteiger partial charge in [0.05, 0.1) is 13.2 Å². The molecular weight excluding hydrogens is 290 g/mol. The molecule has 4 heteroatoms. The van der Waals surface area contributed by atoms with E-state index in [2.05, 4.69) is 18.8 Å². The van der Waals surface area contributed by atoms with Crippen LogP contribution in [-0.2, 0) is 6.54 Å². The number of benzene rings is 1. The Morgan fingerprint density at radius 1 is 1.26 bits per heavy atom. The molecule has 0 aliphatic carbocycles. The van der Waals surface area contributed by atoms with Crippen molar-refractivity contribution in [3.63, 3.8) is 0 Å². The molecule has 2 aromatic rings. The summed E-state index contributed by atoms with van der Waals surface area (Å²) in [5.74, 6) is 3.32. The molecule has 0 bridgehead atoms. The van der Waals surface area contributed by atoms with Crippen LogP contribution in [0.1, 0.15) is 37.0 Å². The fourth-order valence-corrected chi connectivity index (χ4v) is 2.20. The number of nitrogens with one attached hydrogen (secondary N) is 1. The van der Waals surface area contributed by atoms with Gasteiger partial charge in [0, 0.05) is 6.54 Å². The maximum absolute atomic E-state index is 5.75. The number of rotatable bonds is 8. The van der Waals surface area contributed by atoms with Crippen LogP contribution in [0.4, 0.5) is 0 Å². The Kier molecular flexibility index (Phi) is 5.88. The first kappa shape index (κ1) is 17.2. The molecule has 2 rings (SSSR count). The van der Waals surface area contributed by atoms with Gasteiger partial charge in [0.25, 0.3) is 0 Å². The molecule has 0 saturated carbocycles. The average molecular weight is 315 g/mol. The zero-order valence-corrected chi connectivity index (χ0v) is 14.3. The summed E-state index contributed by atoms with van der Waals surface area (Å²) in [6.45, 7) is 11.0. The smallest absolute Gasteiger partial charge is 0.161 e. The van der Waals surface area contributed by atoms with Crippen LogP contribution in [0.5, 0.6) is 11.5 Å². The normalized spacial score (nSPS) is 12.0. The van der Waals surface area contributed by atoms with Gasteiger partial charge < -0.3 is 19.2 Å². The van der Waals surface area contributed by atoms with Crippen molar-refractivity contribution in [3.8, 4) is 11.5 Å². The van der Waals surface area contributed by atoms with Gasteiger partial charge in [-0.1, -0.05) is 12.6 Å². The minimum Gasteiger partial charge on any atom is -0.493 e. The summed E-state index contributed by atoms with van der Waals surface area (Å²) in [5.41, 5.74) is 2.09. The molecule has 1 aromatic carbocycles. The molecule has 0 spiro atoms. The molecule has 0 aliphatic heterocycles. The molecule has 0 amide bonds. The Morgan fingerprint density at radius 2 is 2.04 bits per heavy atom. The summed E-state index contributed by atoms with van der Waals surface area (Å²) in [4.78, 5) is 0. The molecule has 1 unspecified atom stereocenters. The summed E-state index contributed by atoms with van der Waals surface area (Å²) in [6, 6.07) is 10.1. The lowest BCUT2D eigenvalue weighted by atomic mass is 10.1. The van der Waals surface area contributed by atoms with Crippen molar-refractivity contribution in [3.05, 3.63) is 59.6 Å². The van der Waals surface area contributed by atoms with Crippen molar-refractivity contribution in [1.29, 1.82) is 0 Å². The molecule has 124 valence electrons. The van der Waals surface area contributed by atoms with Gasteiger partial charge in [0.15, 0.2) is 11.5 Å². The molecule has 1 N–H and O–H groups in total. The minimum absolute atomic E-state index is 0.144. The topological polar surface area (TPSA) is 43.6 Å². The third-order valence-corrected chi connectivity index (χ3v) is 3.50. The van der Waals surface area contributed by atoms with Crippen molar-refractivity contribution >= 4 is 0 Å². The Morgan fingerprint density at radius 3 is 2.65 bits per heavy atom. The van der Waals surface area contributed by atoms with E-state index < -0.39 is 0 Å². The summed E-state index contributed by atoms with van der Waals surface area (Å²) in [7, 11) is 1.64. The molecule has 1 aromatic heterocycles. The predicted octanol–water partition coefficient (Wildman–Crippen LogP) is 4.40. The maximum atomic E-state index is 5.75. The van der Waals surface area contributed by atoms with Crippen LogP contribution in [0.25, 0.3) is 0 Å². The van der Waals surface area contributed by atoms with E-state index in [1.54, 1.807) is 7.11 Å². The number of hydrogen-bond donors (Lipinski definition) is 1.